The Balaban J connectivity index is 2.64. The van der Waals surface area contributed by atoms with Crippen LogP contribution in [0.25, 0.3) is 0 Å². The highest BCUT2D eigenvalue weighted by Crippen LogP contribution is 2.28. The van der Waals surface area contributed by atoms with Gasteiger partial charge in [-0.15, -0.1) is 0 Å². The standard InChI is InChI=1S/C12H23N3O3/c1-9(2)18-8-10(16)14-12(11(13)15-17)6-4-3-5-7-12/h9,17H,3-8H2,1-2H3,(H2,13,15)(H,14,16). The second-order valence-electron chi connectivity index (χ2n) is 5.04. The molecular weight excluding hydrogens is 234 g/mol. The molecule has 1 amide bonds. The molecule has 0 bridgehead atoms. The molecule has 1 saturated carbocycles. The van der Waals surface area contributed by atoms with Crippen LogP contribution in [0.2, 0.25) is 0 Å². The van der Waals surface area contributed by atoms with Crippen molar-refractivity contribution in [1.82, 2.24) is 5.32 Å². The van der Waals surface area contributed by atoms with Crippen molar-refractivity contribution in [2.75, 3.05) is 6.61 Å². The van der Waals surface area contributed by atoms with Crippen LogP contribution in [0.15, 0.2) is 5.16 Å². The molecule has 6 nitrogen and oxygen atoms in total. The first-order valence-corrected chi connectivity index (χ1v) is 6.41. The van der Waals surface area contributed by atoms with Crippen LogP contribution < -0.4 is 11.1 Å². The van der Waals surface area contributed by atoms with Gasteiger partial charge in [-0.1, -0.05) is 24.4 Å². The molecule has 0 spiro atoms. The quantitative estimate of drug-likeness (QED) is 0.296. The Morgan fingerprint density at radius 2 is 2.06 bits per heavy atom. The number of hydrogen-bond acceptors (Lipinski definition) is 4. The van der Waals surface area contributed by atoms with Crippen molar-refractivity contribution in [3.05, 3.63) is 0 Å². The van der Waals surface area contributed by atoms with E-state index in [4.69, 9.17) is 15.7 Å². The van der Waals surface area contributed by atoms with E-state index in [1.807, 2.05) is 13.8 Å². The lowest BCUT2D eigenvalue weighted by Crippen LogP contribution is -2.59. The number of carbonyl (C=O) groups excluding carboxylic acids is 1. The SMILES string of the molecule is CC(C)OCC(=O)NC1(C(N)=NO)CCCCC1. The molecule has 0 atom stereocenters. The summed E-state index contributed by atoms with van der Waals surface area (Å²) in [6, 6.07) is 0. The summed E-state index contributed by atoms with van der Waals surface area (Å²) in [5, 5.41) is 14.8. The second kappa shape index (κ2) is 6.58. The predicted octanol–water partition coefficient (Wildman–Crippen LogP) is 0.977. The van der Waals surface area contributed by atoms with Gasteiger partial charge in [0.25, 0.3) is 0 Å². The highest BCUT2D eigenvalue weighted by Gasteiger charge is 2.38. The maximum Gasteiger partial charge on any atom is 0.246 e. The van der Waals surface area contributed by atoms with Gasteiger partial charge in [0.15, 0.2) is 5.84 Å². The van der Waals surface area contributed by atoms with Gasteiger partial charge in [-0.25, -0.2) is 0 Å². The van der Waals surface area contributed by atoms with Crippen LogP contribution in [0.5, 0.6) is 0 Å². The molecule has 0 radical (unpaired) electrons. The van der Waals surface area contributed by atoms with E-state index in [2.05, 4.69) is 10.5 Å². The largest absolute Gasteiger partial charge is 0.409 e. The number of carbonyl (C=O) groups is 1. The third kappa shape index (κ3) is 3.87. The third-order valence-electron chi connectivity index (χ3n) is 3.23. The van der Waals surface area contributed by atoms with Gasteiger partial charge in [-0.05, 0) is 26.7 Å². The first-order valence-electron chi connectivity index (χ1n) is 6.41. The molecule has 1 aliphatic rings. The molecule has 0 aromatic heterocycles. The summed E-state index contributed by atoms with van der Waals surface area (Å²) in [4.78, 5) is 11.8. The van der Waals surface area contributed by atoms with Gasteiger partial charge in [0.05, 0.1) is 6.10 Å². The molecule has 0 heterocycles. The van der Waals surface area contributed by atoms with Crippen molar-refractivity contribution in [3.63, 3.8) is 0 Å². The predicted molar refractivity (Wildman–Crippen MR) is 68.5 cm³/mol. The van der Waals surface area contributed by atoms with E-state index in [9.17, 15) is 4.79 Å². The van der Waals surface area contributed by atoms with E-state index in [-0.39, 0.29) is 24.5 Å². The van der Waals surface area contributed by atoms with Crippen LogP contribution in [0.4, 0.5) is 0 Å². The highest BCUT2D eigenvalue weighted by molar-refractivity contribution is 5.94. The zero-order valence-electron chi connectivity index (χ0n) is 11.1. The monoisotopic (exact) mass is 257 g/mol. The molecule has 6 heteroatoms. The molecule has 104 valence electrons. The molecule has 1 aliphatic carbocycles. The Morgan fingerprint density at radius 3 is 2.56 bits per heavy atom. The summed E-state index contributed by atoms with van der Waals surface area (Å²) < 4.78 is 5.25. The number of hydrogen-bond donors (Lipinski definition) is 3. The summed E-state index contributed by atoms with van der Waals surface area (Å²) in [5.41, 5.74) is 5.03. The van der Waals surface area contributed by atoms with E-state index >= 15 is 0 Å². The van der Waals surface area contributed by atoms with E-state index in [1.165, 1.54) is 0 Å². The van der Waals surface area contributed by atoms with E-state index in [0.717, 1.165) is 19.3 Å². The minimum atomic E-state index is -0.704. The van der Waals surface area contributed by atoms with Crippen LogP contribution in [0, 0.1) is 0 Å². The minimum absolute atomic E-state index is 0.00177. The van der Waals surface area contributed by atoms with E-state index < -0.39 is 5.54 Å². The fourth-order valence-electron chi connectivity index (χ4n) is 2.24. The lowest BCUT2D eigenvalue weighted by Gasteiger charge is -2.36. The molecule has 0 saturated heterocycles. The topological polar surface area (TPSA) is 96.9 Å². The van der Waals surface area contributed by atoms with Crippen molar-refractivity contribution in [3.8, 4) is 0 Å². The Bertz CT molecular complexity index is 310. The lowest BCUT2D eigenvalue weighted by molar-refractivity contribution is -0.128. The summed E-state index contributed by atoms with van der Waals surface area (Å²) in [5.74, 6) is -0.141. The normalized spacial score (nSPS) is 19.8. The summed E-state index contributed by atoms with van der Waals surface area (Å²) >= 11 is 0. The maximum atomic E-state index is 11.8. The molecule has 0 aliphatic heterocycles. The lowest BCUT2D eigenvalue weighted by atomic mass is 9.80. The van der Waals surface area contributed by atoms with Gasteiger partial charge in [0.1, 0.15) is 12.1 Å². The third-order valence-corrected chi connectivity index (χ3v) is 3.23. The zero-order valence-corrected chi connectivity index (χ0v) is 11.1. The van der Waals surface area contributed by atoms with Crippen LogP contribution in [0.1, 0.15) is 46.0 Å². The van der Waals surface area contributed by atoms with Crippen LogP contribution in [0.3, 0.4) is 0 Å². The highest BCUT2D eigenvalue weighted by atomic mass is 16.5. The average Bonchev–Trinajstić information content (AvgIpc) is 2.36. The maximum absolute atomic E-state index is 11.8. The molecule has 0 aromatic rings. The number of nitrogens with zero attached hydrogens (tertiary/aromatic N) is 1. The number of amides is 1. The molecule has 1 rings (SSSR count). The number of rotatable bonds is 5. The Hall–Kier alpha value is -1.30. The second-order valence-corrected chi connectivity index (χ2v) is 5.04. The van der Waals surface area contributed by atoms with Gasteiger partial charge in [-0.2, -0.15) is 0 Å². The van der Waals surface area contributed by atoms with Crippen molar-refractivity contribution in [2.24, 2.45) is 10.9 Å². The molecule has 18 heavy (non-hydrogen) atoms. The molecule has 0 unspecified atom stereocenters. The molecule has 0 aromatic carbocycles. The summed E-state index contributed by atoms with van der Waals surface area (Å²) in [6.45, 7) is 3.73. The van der Waals surface area contributed by atoms with E-state index in [1.54, 1.807) is 0 Å². The van der Waals surface area contributed by atoms with Crippen LogP contribution in [-0.4, -0.2) is 35.2 Å². The van der Waals surface area contributed by atoms with Gasteiger partial charge >= 0.3 is 0 Å². The number of nitrogens with two attached hydrogens (primary N) is 1. The van der Waals surface area contributed by atoms with Crippen LogP contribution >= 0.6 is 0 Å². The number of amidine groups is 1. The first kappa shape index (κ1) is 14.8. The smallest absolute Gasteiger partial charge is 0.246 e. The van der Waals surface area contributed by atoms with Crippen molar-refractivity contribution in [1.29, 1.82) is 0 Å². The Morgan fingerprint density at radius 1 is 1.44 bits per heavy atom. The summed E-state index contributed by atoms with van der Waals surface area (Å²) in [7, 11) is 0. The van der Waals surface area contributed by atoms with Gasteiger partial charge < -0.3 is 21.0 Å². The fraction of sp³-hybridized carbons (Fsp3) is 0.833. The first-order chi connectivity index (χ1) is 8.50. The number of ether oxygens (including phenoxy) is 1. The van der Waals surface area contributed by atoms with Crippen molar-refractivity contribution < 1.29 is 14.7 Å². The van der Waals surface area contributed by atoms with Gasteiger partial charge in [0.2, 0.25) is 5.91 Å². The molecule has 1 fully saturated rings. The average molecular weight is 257 g/mol. The fourth-order valence-corrected chi connectivity index (χ4v) is 2.24. The van der Waals surface area contributed by atoms with E-state index in [0.29, 0.717) is 12.8 Å². The number of oxime groups is 1. The number of nitrogens with one attached hydrogen (secondary N) is 1. The Labute approximate surface area is 108 Å². The van der Waals surface area contributed by atoms with Gasteiger partial charge in [-0.3, -0.25) is 4.79 Å². The van der Waals surface area contributed by atoms with Crippen molar-refractivity contribution >= 4 is 11.7 Å². The minimum Gasteiger partial charge on any atom is -0.409 e. The Kier molecular flexibility index (Phi) is 5.40. The van der Waals surface area contributed by atoms with Gasteiger partial charge in [0, 0.05) is 0 Å². The van der Waals surface area contributed by atoms with Crippen molar-refractivity contribution in [2.45, 2.75) is 57.6 Å². The molecule has 4 N–H and O–H groups in total. The summed E-state index contributed by atoms with van der Waals surface area (Å²) in [6.07, 6.45) is 4.44. The van der Waals surface area contributed by atoms with Crippen LogP contribution in [-0.2, 0) is 9.53 Å². The molecular formula is C12H23N3O3. The zero-order chi connectivity index (χ0) is 13.6.